The second-order valence-electron chi connectivity index (χ2n) is 5.25. The predicted octanol–water partition coefficient (Wildman–Crippen LogP) is 2.70. The van der Waals surface area contributed by atoms with Crippen LogP contribution >= 0.6 is 15.9 Å². The van der Waals surface area contributed by atoms with Crippen molar-refractivity contribution >= 4 is 21.8 Å². The molecule has 1 heterocycles. The Kier molecular flexibility index (Phi) is 6.28. The first-order chi connectivity index (χ1) is 10.5. The molecule has 1 aromatic rings. The van der Waals surface area contributed by atoms with Crippen LogP contribution in [0.1, 0.15) is 29.6 Å². The maximum atomic E-state index is 13.8. The molecule has 2 N–H and O–H groups in total. The molecule has 0 aromatic heterocycles. The van der Waals surface area contributed by atoms with E-state index >= 15 is 0 Å². The molecule has 1 saturated heterocycles. The van der Waals surface area contributed by atoms with Gasteiger partial charge in [-0.15, -0.1) is 0 Å². The maximum Gasteiger partial charge on any atom is 0.259 e. The molecule has 0 radical (unpaired) electrons. The topological polar surface area (TPSA) is 55.6 Å². The summed E-state index contributed by atoms with van der Waals surface area (Å²) in [5, 5.41) is 0. The Hall–Kier alpha value is -1.05. The van der Waals surface area contributed by atoms with E-state index < -0.39 is 23.1 Å². The van der Waals surface area contributed by atoms with Crippen LogP contribution < -0.4 is 5.73 Å². The minimum Gasteiger partial charge on any atom is -0.378 e. The molecule has 0 saturated carbocycles. The van der Waals surface area contributed by atoms with Gasteiger partial charge < -0.3 is 15.4 Å². The van der Waals surface area contributed by atoms with Crippen LogP contribution in [0.2, 0.25) is 0 Å². The van der Waals surface area contributed by atoms with Gasteiger partial charge in [-0.25, -0.2) is 8.78 Å². The average molecular weight is 377 g/mol. The normalized spacial score (nSPS) is 16.1. The molecule has 22 heavy (non-hydrogen) atoms. The van der Waals surface area contributed by atoms with Crippen molar-refractivity contribution in [1.82, 2.24) is 4.90 Å². The molecule has 0 bridgehead atoms. The third-order valence-electron chi connectivity index (χ3n) is 3.65. The highest BCUT2D eigenvalue weighted by molar-refractivity contribution is 9.10. The summed E-state index contributed by atoms with van der Waals surface area (Å²) in [6, 6.07) is 2.19. The summed E-state index contributed by atoms with van der Waals surface area (Å²) >= 11 is 3.00. The van der Waals surface area contributed by atoms with Gasteiger partial charge in [0.1, 0.15) is 17.2 Å². The summed E-state index contributed by atoms with van der Waals surface area (Å²) in [6.07, 6.45) is 2.20. The van der Waals surface area contributed by atoms with E-state index in [0.717, 1.165) is 18.6 Å². The number of halogens is 3. The standard InChI is InChI=1S/C15H19BrF2N2O2/c16-10-8-12(17)14(13(18)9-10)15(21)20-5-2-11(3-6-20)22-7-1-4-19/h8-9,11H,1-7,19H2. The van der Waals surface area contributed by atoms with Gasteiger partial charge in [0.2, 0.25) is 0 Å². The Labute approximate surface area is 136 Å². The first-order valence-electron chi connectivity index (χ1n) is 7.28. The van der Waals surface area contributed by atoms with Gasteiger partial charge in [0, 0.05) is 24.2 Å². The van der Waals surface area contributed by atoms with Gasteiger partial charge in [0.25, 0.3) is 5.91 Å². The zero-order valence-electron chi connectivity index (χ0n) is 12.2. The quantitative estimate of drug-likeness (QED) is 0.803. The Morgan fingerprint density at radius 1 is 1.32 bits per heavy atom. The number of nitrogens with two attached hydrogens (primary N) is 1. The molecule has 1 fully saturated rings. The van der Waals surface area contributed by atoms with Crippen LogP contribution in [-0.2, 0) is 4.74 Å². The van der Waals surface area contributed by atoms with Gasteiger partial charge >= 0.3 is 0 Å². The minimum atomic E-state index is -0.849. The average Bonchev–Trinajstić information content (AvgIpc) is 2.47. The molecule has 1 aliphatic rings. The number of piperidine rings is 1. The molecule has 0 aliphatic carbocycles. The Bertz CT molecular complexity index is 511. The minimum absolute atomic E-state index is 0.0789. The molecule has 1 aromatic carbocycles. The van der Waals surface area contributed by atoms with E-state index in [-0.39, 0.29) is 10.6 Å². The largest absolute Gasteiger partial charge is 0.378 e. The summed E-state index contributed by atoms with van der Waals surface area (Å²) in [5.74, 6) is -2.31. The van der Waals surface area contributed by atoms with Crippen LogP contribution in [0.3, 0.4) is 0 Å². The number of rotatable bonds is 5. The Balaban J connectivity index is 1.95. The fourth-order valence-electron chi connectivity index (χ4n) is 2.46. The Morgan fingerprint density at radius 2 is 1.91 bits per heavy atom. The summed E-state index contributed by atoms with van der Waals surface area (Å²) in [6.45, 7) is 2.05. The fourth-order valence-corrected chi connectivity index (χ4v) is 2.87. The molecule has 1 aliphatic heterocycles. The number of benzene rings is 1. The molecule has 0 atom stereocenters. The number of amides is 1. The highest BCUT2D eigenvalue weighted by Crippen LogP contribution is 2.23. The maximum absolute atomic E-state index is 13.8. The summed E-state index contributed by atoms with van der Waals surface area (Å²) < 4.78 is 33.6. The van der Waals surface area contributed by atoms with E-state index in [2.05, 4.69) is 15.9 Å². The van der Waals surface area contributed by atoms with Gasteiger partial charge in [-0.05, 0) is 37.9 Å². The van der Waals surface area contributed by atoms with E-state index in [9.17, 15) is 13.6 Å². The van der Waals surface area contributed by atoms with Crippen molar-refractivity contribution in [1.29, 1.82) is 0 Å². The second kappa shape index (κ2) is 7.99. The first kappa shape index (κ1) is 17.3. The van der Waals surface area contributed by atoms with Crippen LogP contribution in [0.25, 0.3) is 0 Å². The third-order valence-corrected chi connectivity index (χ3v) is 4.11. The molecular weight excluding hydrogens is 358 g/mol. The summed E-state index contributed by atoms with van der Waals surface area (Å²) in [5.41, 5.74) is 4.91. The molecule has 122 valence electrons. The molecule has 0 spiro atoms. The van der Waals surface area contributed by atoms with Gasteiger partial charge in [0.15, 0.2) is 0 Å². The smallest absolute Gasteiger partial charge is 0.259 e. The number of carbonyl (C=O) groups is 1. The fraction of sp³-hybridized carbons (Fsp3) is 0.533. The molecule has 7 heteroatoms. The summed E-state index contributed by atoms with van der Waals surface area (Å²) in [7, 11) is 0. The summed E-state index contributed by atoms with van der Waals surface area (Å²) in [4.78, 5) is 13.8. The van der Waals surface area contributed by atoms with Crippen molar-refractivity contribution in [3.8, 4) is 0 Å². The Morgan fingerprint density at radius 3 is 2.45 bits per heavy atom. The monoisotopic (exact) mass is 376 g/mol. The lowest BCUT2D eigenvalue weighted by molar-refractivity contribution is 0.00822. The number of likely N-dealkylation sites (tertiary alicyclic amines) is 1. The van der Waals surface area contributed by atoms with Crippen molar-refractivity contribution < 1.29 is 18.3 Å². The van der Waals surface area contributed by atoms with Gasteiger partial charge in [-0.2, -0.15) is 0 Å². The van der Waals surface area contributed by atoms with Crippen molar-refractivity contribution in [2.75, 3.05) is 26.2 Å². The first-order valence-corrected chi connectivity index (χ1v) is 8.07. The van der Waals surface area contributed by atoms with Crippen molar-refractivity contribution in [2.45, 2.75) is 25.4 Å². The lowest BCUT2D eigenvalue weighted by Crippen LogP contribution is -2.41. The van der Waals surface area contributed by atoms with E-state index in [1.807, 2.05) is 0 Å². The third kappa shape index (κ3) is 4.24. The lowest BCUT2D eigenvalue weighted by Gasteiger charge is -2.32. The molecule has 1 amide bonds. The number of carbonyl (C=O) groups excluding carboxylic acids is 1. The highest BCUT2D eigenvalue weighted by Gasteiger charge is 2.28. The highest BCUT2D eigenvalue weighted by atomic mass is 79.9. The number of hydrogen-bond acceptors (Lipinski definition) is 3. The molecule has 4 nitrogen and oxygen atoms in total. The number of ether oxygens (including phenoxy) is 1. The predicted molar refractivity (Wildman–Crippen MR) is 82.6 cm³/mol. The van der Waals surface area contributed by atoms with Gasteiger partial charge in [0.05, 0.1) is 6.10 Å². The van der Waals surface area contributed by atoms with Crippen LogP contribution in [0.15, 0.2) is 16.6 Å². The SMILES string of the molecule is NCCCOC1CCN(C(=O)c2c(F)cc(Br)cc2F)CC1. The van der Waals surface area contributed by atoms with E-state index in [1.165, 1.54) is 4.90 Å². The van der Waals surface area contributed by atoms with E-state index in [1.54, 1.807) is 0 Å². The van der Waals surface area contributed by atoms with Gasteiger partial charge in [-0.1, -0.05) is 15.9 Å². The van der Waals surface area contributed by atoms with Crippen molar-refractivity contribution in [3.05, 3.63) is 33.8 Å². The molecular formula is C15H19BrF2N2O2. The van der Waals surface area contributed by atoms with Crippen molar-refractivity contribution in [2.24, 2.45) is 5.73 Å². The zero-order valence-corrected chi connectivity index (χ0v) is 13.7. The number of nitrogens with zero attached hydrogens (tertiary/aromatic N) is 1. The lowest BCUT2D eigenvalue weighted by atomic mass is 10.1. The van der Waals surface area contributed by atoms with Gasteiger partial charge in [-0.3, -0.25) is 4.79 Å². The van der Waals surface area contributed by atoms with Crippen LogP contribution in [0.5, 0.6) is 0 Å². The van der Waals surface area contributed by atoms with Crippen LogP contribution in [0, 0.1) is 11.6 Å². The van der Waals surface area contributed by atoms with E-state index in [0.29, 0.717) is 39.1 Å². The molecule has 0 unspecified atom stereocenters. The van der Waals surface area contributed by atoms with Crippen molar-refractivity contribution in [3.63, 3.8) is 0 Å². The number of hydrogen-bond donors (Lipinski definition) is 1. The van der Waals surface area contributed by atoms with Crippen LogP contribution in [-0.4, -0.2) is 43.2 Å². The molecule has 2 rings (SSSR count). The zero-order chi connectivity index (χ0) is 16.1. The second-order valence-corrected chi connectivity index (χ2v) is 6.16. The van der Waals surface area contributed by atoms with E-state index in [4.69, 9.17) is 10.5 Å². The van der Waals surface area contributed by atoms with Crippen LogP contribution in [0.4, 0.5) is 8.78 Å².